The Balaban J connectivity index is 1.55. The van der Waals surface area contributed by atoms with Crippen LogP contribution < -0.4 is 4.90 Å². The number of sulfone groups is 2. The zero-order chi connectivity index (χ0) is 20.6. The van der Waals surface area contributed by atoms with Crippen LogP contribution in [0.2, 0.25) is 0 Å². The minimum Gasteiger partial charge on any atom is -0.354 e. The molecule has 2 atom stereocenters. The standard InChI is InChI=1S/C19H22FN3O4S2/c20-15-4-6-16(7-5-15)29(26,27)18-14-28(24,25)13-17(18)22-9-11-23(12-10-22)19-3-1-2-8-21-19/h1-8,17-18H,9-14H2/t17-,18-/m0/s1. The molecular formula is C19H22FN3O4S2. The van der Waals surface area contributed by atoms with Gasteiger partial charge in [-0.3, -0.25) is 4.90 Å². The van der Waals surface area contributed by atoms with E-state index < -0.39 is 42.5 Å². The fourth-order valence-corrected chi connectivity index (χ4v) is 8.89. The number of nitrogens with zero attached hydrogens (tertiary/aromatic N) is 3. The van der Waals surface area contributed by atoms with Crippen molar-refractivity contribution in [3.05, 3.63) is 54.5 Å². The van der Waals surface area contributed by atoms with Gasteiger partial charge in [-0.25, -0.2) is 26.2 Å². The summed E-state index contributed by atoms with van der Waals surface area (Å²) in [6, 6.07) is 9.61. The van der Waals surface area contributed by atoms with Gasteiger partial charge in [-0.1, -0.05) is 6.07 Å². The van der Waals surface area contributed by atoms with Gasteiger partial charge in [0.05, 0.1) is 21.7 Å². The summed E-state index contributed by atoms with van der Waals surface area (Å²) in [6.45, 7) is 2.37. The first kappa shape index (κ1) is 20.2. The molecule has 7 nitrogen and oxygen atoms in total. The summed E-state index contributed by atoms with van der Waals surface area (Å²) in [5, 5.41) is -1.06. The summed E-state index contributed by atoms with van der Waals surface area (Å²) < 4.78 is 64.2. The number of pyridine rings is 1. The molecule has 2 aliphatic heterocycles. The quantitative estimate of drug-likeness (QED) is 0.657. The summed E-state index contributed by atoms with van der Waals surface area (Å²) in [6.07, 6.45) is 1.72. The second kappa shape index (κ2) is 7.66. The number of anilines is 1. The fourth-order valence-electron chi connectivity index (χ4n) is 4.06. The normalized spacial score (nSPS) is 25.2. The molecular weight excluding hydrogens is 417 g/mol. The van der Waals surface area contributed by atoms with Crippen molar-refractivity contribution in [1.29, 1.82) is 0 Å². The summed E-state index contributed by atoms with van der Waals surface area (Å²) in [5.41, 5.74) is 0. The predicted octanol–water partition coefficient (Wildman–Crippen LogP) is 0.982. The van der Waals surface area contributed by atoms with Gasteiger partial charge >= 0.3 is 0 Å². The van der Waals surface area contributed by atoms with Gasteiger partial charge in [-0.05, 0) is 36.4 Å². The van der Waals surface area contributed by atoms with Crippen molar-refractivity contribution < 1.29 is 21.2 Å². The molecule has 0 amide bonds. The lowest BCUT2D eigenvalue weighted by Crippen LogP contribution is -2.55. The minimum atomic E-state index is -3.90. The van der Waals surface area contributed by atoms with Crippen LogP contribution in [0, 0.1) is 5.82 Å². The number of piperazine rings is 1. The molecule has 0 bridgehead atoms. The average molecular weight is 440 g/mol. The zero-order valence-electron chi connectivity index (χ0n) is 15.7. The Hall–Kier alpha value is -2.04. The van der Waals surface area contributed by atoms with Gasteiger partial charge < -0.3 is 4.90 Å². The molecule has 0 unspecified atom stereocenters. The van der Waals surface area contributed by atoms with Crippen molar-refractivity contribution >= 4 is 25.5 Å². The summed E-state index contributed by atoms with van der Waals surface area (Å²) in [4.78, 5) is 8.35. The van der Waals surface area contributed by atoms with Crippen molar-refractivity contribution in [2.24, 2.45) is 0 Å². The Morgan fingerprint density at radius 1 is 0.966 bits per heavy atom. The van der Waals surface area contributed by atoms with E-state index in [4.69, 9.17) is 0 Å². The number of aromatic nitrogens is 1. The Morgan fingerprint density at radius 2 is 1.66 bits per heavy atom. The fraction of sp³-hybridized carbons (Fsp3) is 0.421. The van der Waals surface area contributed by atoms with Gasteiger partial charge in [0.25, 0.3) is 0 Å². The molecule has 0 saturated carbocycles. The van der Waals surface area contributed by atoms with Crippen LogP contribution >= 0.6 is 0 Å². The summed E-state index contributed by atoms with van der Waals surface area (Å²) in [5.74, 6) is -0.272. The van der Waals surface area contributed by atoms with Gasteiger partial charge in [-0.2, -0.15) is 0 Å². The number of benzene rings is 1. The van der Waals surface area contributed by atoms with Crippen molar-refractivity contribution in [2.45, 2.75) is 16.2 Å². The highest BCUT2D eigenvalue weighted by Crippen LogP contribution is 2.30. The van der Waals surface area contributed by atoms with E-state index >= 15 is 0 Å². The molecule has 156 valence electrons. The monoisotopic (exact) mass is 439 g/mol. The first-order chi connectivity index (χ1) is 13.8. The maximum atomic E-state index is 13.2. The lowest BCUT2D eigenvalue weighted by molar-refractivity contribution is 0.201. The predicted molar refractivity (Wildman–Crippen MR) is 108 cm³/mol. The Morgan fingerprint density at radius 3 is 2.28 bits per heavy atom. The van der Waals surface area contributed by atoms with E-state index in [2.05, 4.69) is 9.88 Å². The Bertz CT molecular complexity index is 1070. The molecule has 10 heteroatoms. The lowest BCUT2D eigenvalue weighted by Gasteiger charge is -2.39. The topological polar surface area (TPSA) is 87.7 Å². The Kier molecular flexibility index (Phi) is 5.34. The van der Waals surface area contributed by atoms with Crippen LogP contribution in [-0.4, -0.2) is 75.7 Å². The van der Waals surface area contributed by atoms with Crippen molar-refractivity contribution in [2.75, 3.05) is 42.6 Å². The zero-order valence-corrected chi connectivity index (χ0v) is 17.3. The van der Waals surface area contributed by atoms with E-state index in [1.165, 1.54) is 12.1 Å². The first-order valence-electron chi connectivity index (χ1n) is 9.36. The highest BCUT2D eigenvalue weighted by molar-refractivity contribution is 7.96. The third-order valence-corrected chi connectivity index (χ3v) is 9.70. The SMILES string of the molecule is O=S1(=O)C[C@H](N2CCN(c3ccccn3)CC2)[C@@H](S(=O)(=O)c2ccc(F)cc2)C1. The van der Waals surface area contributed by atoms with Gasteiger partial charge in [-0.15, -0.1) is 0 Å². The Labute approximate surface area is 170 Å². The van der Waals surface area contributed by atoms with Crippen molar-refractivity contribution in [3.8, 4) is 0 Å². The van der Waals surface area contributed by atoms with Gasteiger partial charge in [0.2, 0.25) is 0 Å². The van der Waals surface area contributed by atoms with Crippen LogP contribution in [-0.2, 0) is 19.7 Å². The largest absolute Gasteiger partial charge is 0.354 e. The van der Waals surface area contributed by atoms with E-state index in [1.807, 2.05) is 23.1 Å². The average Bonchev–Trinajstić information content (AvgIpc) is 3.05. The van der Waals surface area contributed by atoms with Crippen molar-refractivity contribution in [1.82, 2.24) is 9.88 Å². The summed E-state index contributed by atoms with van der Waals surface area (Å²) in [7, 11) is -7.38. The van der Waals surface area contributed by atoms with Crippen LogP contribution in [0.5, 0.6) is 0 Å². The molecule has 2 aliphatic rings. The smallest absolute Gasteiger partial charge is 0.183 e. The second-order valence-corrected chi connectivity index (χ2v) is 11.7. The molecule has 2 aromatic rings. The third kappa shape index (κ3) is 4.15. The molecule has 3 heterocycles. The first-order valence-corrected chi connectivity index (χ1v) is 12.7. The number of hydrogen-bond donors (Lipinski definition) is 0. The number of hydrogen-bond acceptors (Lipinski definition) is 7. The van der Waals surface area contributed by atoms with E-state index in [0.717, 1.165) is 18.0 Å². The van der Waals surface area contributed by atoms with Crippen LogP contribution in [0.3, 0.4) is 0 Å². The molecule has 0 aliphatic carbocycles. The van der Waals surface area contributed by atoms with Gasteiger partial charge in [0.1, 0.15) is 11.6 Å². The maximum Gasteiger partial charge on any atom is 0.183 e. The molecule has 1 aromatic heterocycles. The highest BCUT2D eigenvalue weighted by atomic mass is 32.2. The highest BCUT2D eigenvalue weighted by Gasteiger charge is 2.48. The molecule has 1 aromatic carbocycles. The van der Waals surface area contributed by atoms with E-state index in [0.29, 0.717) is 26.2 Å². The second-order valence-electron chi connectivity index (χ2n) is 7.39. The number of halogens is 1. The molecule has 0 radical (unpaired) electrons. The van der Waals surface area contributed by atoms with Crippen LogP contribution in [0.4, 0.5) is 10.2 Å². The van der Waals surface area contributed by atoms with Gasteiger partial charge in [0.15, 0.2) is 19.7 Å². The third-order valence-electron chi connectivity index (χ3n) is 5.57. The molecule has 2 fully saturated rings. The van der Waals surface area contributed by atoms with E-state index in [-0.39, 0.29) is 10.6 Å². The molecule has 0 N–H and O–H groups in total. The maximum absolute atomic E-state index is 13.2. The molecule has 4 rings (SSSR count). The van der Waals surface area contributed by atoms with E-state index in [1.54, 1.807) is 6.20 Å². The van der Waals surface area contributed by atoms with Crippen LogP contribution in [0.15, 0.2) is 53.6 Å². The molecule has 2 saturated heterocycles. The van der Waals surface area contributed by atoms with Crippen LogP contribution in [0.1, 0.15) is 0 Å². The molecule has 0 spiro atoms. The van der Waals surface area contributed by atoms with E-state index in [9.17, 15) is 21.2 Å². The van der Waals surface area contributed by atoms with Crippen LogP contribution in [0.25, 0.3) is 0 Å². The summed E-state index contributed by atoms with van der Waals surface area (Å²) >= 11 is 0. The van der Waals surface area contributed by atoms with Gasteiger partial charge in [0, 0.05) is 38.4 Å². The number of rotatable bonds is 4. The lowest BCUT2D eigenvalue weighted by atomic mass is 10.2. The molecule has 29 heavy (non-hydrogen) atoms. The van der Waals surface area contributed by atoms with Crippen molar-refractivity contribution in [3.63, 3.8) is 0 Å². The minimum absolute atomic E-state index is 0.0434.